The molecule has 0 radical (unpaired) electrons. The number of nitriles is 1. The van der Waals surface area contributed by atoms with Crippen LogP contribution in [-0.2, 0) is 14.8 Å². The molecule has 2 rings (SSSR count). The van der Waals surface area contributed by atoms with E-state index in [1.807, 2.05) is 6.07 Å². The van der Waals surface area contributed by atoms with E-state index >= 15 is 0 Å². The molecular formula is C15H21N5O4S. The van der Waals surface area contributed by atoms with Crippen LogP contribution in [0.3, 0.4) is 0 Å². The van der Waals surface area contributed by atoms with Crippen molar-refractivity contribution in [3.05, 3.63) is 18.1 Å². The minimum atomic E-state index is -3.38. The molecule has 0 aliphatic heterocycles. The van der Waals surface area contributed by atoms with E-state index in [0.717, 1.165) is 10.6 Å². The third-order valence-corrected chi connectivity index (χ3v) is 5.28. The lowest BCUT2D eigenvalue weighted by molar-refractivity contribution is -0.122. The number of nitrogens with zero attached hydrogens (tertiary/aromatic N) is 4. The Morgan fingerprint density at radius 2 is 2.00 bits per heavy atom. The standard InChI is InChI=1S/C15H21N5O4S/c1-20(25(2,22)23)10-14(21)19-11-3-5-12(6-4-11)24-15-13(9-16)17-7-8-18-15/h7-8,11-12H,3-6,10H2,1-2H3,(H,19,21). The van der Waals surface area contributed by atoms with Crippen molar-refractivity contribution in [2.45, 2.75) is 37.8 Å². The van der Waals surface area contributed by atoms with Crippen molar-refractivity contribution < 1.29 is 17.9 Å². The SMILES string of the molecule is CN(CC(=O)NC1CCC(Oc2nccnc2C#N)CC1)S(C)(=O)=O. The highest BCUT2D eigenvalue weighted by Crippen LogP contribution is 2.23. The largest absolute Gasteiger partial charge is 0.472 e. The van der Waals surface area contributed by atoms with Crippen LogP contribution in [0.5, 0.6) is 5.88 Å². The van der Waals surface area contributed by atoms with Crippen LogP contribution in [0.15, 0.2) is 12.4 Å². The van der Waals surface area contributed by atoms with Gasteiger partial charge in [0.15, 0.2) is 0 Å². The second-order valence-corrected chi connectivity index (χ2v) is 8.09. The predicted octanol–water partition coefficient (Wildman–Crippen LogP) is 0.0459. The first-order chi connectivity index (χ1) is 11.8. The van der Waals surface area contributed by atoms with Gasteiger partial charge in [-0.1, -0.05) is 0 Å². The monoisotopic (exact) mass is 367 g/mol. The molecule has 1 fully saturated rings. The summed E-state index contributed by atoms with van der Waals surface area (Å²) in [6.07, 6.45) is 6.71. The van der Waals surface area contributed by atoms with Gasteiger partial charge in [0.2, 0.25) is 21.6 Å². The lowest BCUT2D eigenvalue weighted by Gasteiger charge is -2.29. The highest BCUT2D eigenvalue weighted by Gasteiger charge is 2.25. The number of hydrogen-bond donors (Lipinski definition) is 1. The lowest BCUT2D eigenvalue weighted by atomic mass is 9.93. The summed E-state index contributed by atoms with van der Waals surface area (Å²) in [7, 11) is -2.01. The predicted molar refractivity (Wildman–Crippen MR) is 89.0 cm³/mol. The summed E-state index contributed by atoms with van der Waals surface area (Å²) in [5.41, 5.74) is 0.154. The maximum absolute atomic E-state index is 11.9. The third-order valence-electron chi connectivity index (χ3n) is 4.02. The molecule has 1 heterocycles. The number of amides is 1. The first kappa shape index (κ1) is 19.1. The molecule has 1 aliphatic carbocycles. The highest BCUT2D eigenvalue weighted by molar-refractivity contribution is 7.88. The Bertz CT molecular complexity index is 753. The fourth-order valence-electron chi connectivity index (χ4n) is 2.56. The number of sulfonamides is 1. The summed E-state index contributed by atoms with van der Waals surface area (Å²) in [6, 6.07) is 1.92. The Morgan fingerprint density at radius 1 is 1.36 bits per heavy atom. The van der Waals surface area contributed by atoms with Crippen molar-refractivity contribution in [2.75, 3.05) is 19.8 Å². The molecule has 1 aromatic rings. The molecule has 0 saturated heterocycles. The Labute approximate surface area is 147 Å². The molecule has 1 N–H and O–H groups in total. The molecule has 10 heteroatoms. The lowest BCUT2D eigenvalue weighted by Crippen LogP contribution is -2.44. The van der Waals surface area contributed by atoms with Gasteiger partial charge in [0.25, 0.3) is 5.88 Å². The number of ether oxygens (including phenoxy) is 1. The van der Waals surface area contributed by atoms with Crippen LogP contribution >= 0.6 is 0 Å². The number of carbonyl (C=O) groups is 1. The molecule has 1 saturated carbocycles. The number of rotatable bonds is 6. The minimum Gasteiger partial charge on any atom is -0.472 e. The number of nitrogens with one attached hydrogen (secondary N) is 1. The molecule has 1 aromatic heterocycles. The smallest absolute Gasteiger partial charge is 0.251 e. The first-order valence-electron chi connectivity index (χ1n) is 7.88. The Hall–Kier alpha value is -2.25. The number of hydrogen-bond acceptors (Lipinski definition) is 7. The minimum absolute atomic E-state index is 0.0161. The van der Waals surface area contributed by atoms with Gasteiger partial charge in [0.1, 0.15) is 12.2 Å². The zero-order valence-electron chi connectivity index (χ0n) is 14.2. The van der Waals surface area contributed by atoms with Crippen molar-refractivity contribution in [1.29, 1.82) is 5.26 Å². The van der Waals surface area contributed by atoms with Crippen molar-refractivity contribution in [3.8, 4) is 11.9 Å². The van der Waals surface area contributed by atoms with E-state index in [0.29, 0.717) is 25.7 Å². The van der Waals surface area contributed by atoms with Gasteiger partial charge in [-0.15, -0.1) is 0 Å². The van der Waals surface area contributed by atoms with E-state index in [4.69, 9.17) is 10.00 Å². The summed E-state index contributed by atoms with van der Waals surface area (Å²) in [4.78, 5) is 19.9. The summed E-state index contributed by atoms with van der Waals surface area (Å²) in [6.45, 7) is -0.194. The topological polar surface area (TPSA) is 125 Å². The van der Waals surface area contributed by atoms with Gasteiger partial charge >= 0.3 is 0 Å². The fraction of sp³-hybridized carbons (Fsp3) is 0.600. The Morgan fingerprint density at radius 3 is 2.60 bits per heavy atom. The van der Waals surface area contributed by atoms with E-state index in [1.54, 1.807) is 0 Å². The molecule has 0 bridgehead atoms. The van der Waals surface area contributed by atoms with Crippen molar-refractivity contribution >= 4 is 15.9 Å². The second-order valence-electron chi connectivity index (χ2n) is 6.00. The van der Waals surface area contributed by atoms with Crippen LogP contribution in [0.2, 0.25) is 0 Å². The summed E-state index contributed by atoms with van der Waals surface area (Å²) < 4.78 is 29.4. The first-order valence-corrected chi connectivity index (χ1v) is 9.73. The Balaban J connectivity index is 1.80. The van der Waals surface area contributed by atoms with E-state index in [9.17, 15) is 13.2 Å². The molecule has 0 unspecified atom stereocenters. The van der Waals surface area contributed by atoms with Crippen molar-refractivity contribution in [2.24, 2.45) is 0 Å². The molecule has 25 heavy (non-hydrogen) atoms. The maximum Gasteiger partial charge on any atom is 0.251 e. The van der Waals surface area contributed by atoms with Crippen LogP contribution in [0, 0.1) is 11.3 Å². The third kappa shape index (κ3) is 5.65. The Kier molecular flexibility index (Phi) is 6.27. The second kappa shape index (κ2) is 8.22. The van der Waals surface area contributed by atoms with Gasteiger partial charge < -0.3 is 10.1 Å². The average Bonchev–Trinajstić information content (AvgIpc) is 2.56. The van der Waals surface area contributed by atoms with Crippen molar-refractivity contribution in [1.82, 2.24) is 19.6 Å². The summed E-state index contributed by atoms with van der Waals surface area (Å²) in [5, 5.41) is 11.8. The highest BCUT2D eigenvalue weighted by atomic mass is 32.2. The quantitative estimate of drug-likeness (QED) is 0.753. The van der Waals surface area contributed by atoms with Crippen LogP contribution < -0.4 is 10.1 Å². The number of carbonyl (C=O) groups excluding carboxylic acids is 1. The zero-order valence-corrected chi connectivity index (χ0v) is 15.0. The summed E-state index contributed by atoms with van der Waals surface area (Å²) in [5.74, 6) is -0.0924. The van der Waals surface area contributed by atoms with Crippen molar-refractivity contribution in [3.63, 3.8) is 0 Å². The molecular weight excluding hydrogens is 346 g/mol. The van der Waals surface area contributed by atoms with E-state index in [2.05, 4.69) is 15.3 Å². The molecule has 1 aliphatic rings. The maximum atomic E-state index is 11.9. The normalized spacial score (nSPS) is 20.7. The fourth-order valence-corrected chi connectivity index (χ4v) is 2.92. The van der Waals surface area contributed by atoms with Gasteiger partial charge in [0.05, 0.1) is 12.8 Å². The van der Waals surface area contributed by atoms with E-state index in [1.165, 1.54) is 19.4 Å². The van der Waals surface area contributed by atoms with Gasteiger partial charge in [-0.3, -0.25) is 4.79 Å². The molecule has 0 aromatic carbocycles. The molecule has 1 amide bonds. The zero-order chi connectivity index (χ0) is 18.4. The summed E-state index contributed by atoms with van der Waals surface area (Å²) >= 11 is 0. The van der Waals surface area contributed by atoms with Crippen LogP contribution in [0.4, 0.5) is 0 Å². The van der Waals surface area contributed by atoms with E-state index < -0.39 is 10.0 Å². The van der Waals surface area contributed by atoms with Gasteiger partial charge in [0, 0.05) is 25.5 Å². The van der Waals surface area contributed by atoms with Crippen LogP contribution in [0.25, 0.3) is 0 Å². The van der Waals surface area contributed by atoms with Gasteiger partial charge in [-0.05, 0) is 25.7 Å². The van der Waals surface area contributed by atoms with Crippen LogP contribution in [0.1, 0.15) is 31.4 Å². The molecule has 136 valence electrons. The molecule has 0 spiro atoms. The molecule has 9 nitrogen and oxygen atoms in total. The number of aromatic nitrogens is 2. The number of likely N-dealkylation sites (N-methyl/N-ethyl adjacent to an activating group) is 1. The van der Waals surface area contributed by atoms with Crippen LogP contribution in [-0.4, -0.2) is 60.6 Å². The van der Waals surface area contributed by atoms with E-state index in [-0.39, 0.29) is 36.2 Å². The average molecular weight is 367 g/mol. The molecule has 0 atom stereocenters. The van der Waals surface area contributed by atoms with Gasteiger partial charge in [-0.2, -0.15) is 9.57 Å². The van der Waals surface area contributed by atoms with Gasteiger partial charge in [-0.25, -0.2) is 18.4 Å².